The lowest BCUT2D eigenvalue weighted by atomic mass is 10.1. The fourth-order valence-electron chi connectivity index (χ4n) is 2.26. The summed E-state index contributed by atoms with van der Waals surface area (Å²) in [5, 5.41) is 11.8. The van der Waals surface area contributed by atoms with Gasteiger partial charge in [0, 0.05) is 31.9 Å². The molecule has 25 heavy (non-hydrogen) atoms. The van der Waals surface area contributed by atoms with Crippen LogP contribution >= 0.6 is 0 Å². The van der Waals surface area contributed by atoms with Gasteiger partial charge in [-0.15, -0.1) is 0 Å². The molecular formula is C19H21NO5. The molecule has 0 unspecified atom stereocenters. The van der Waals surface area contributed by atoms with Crippen molar-refractivity contribution in [3.05, 3.63) is 59.7 Å². The van der Waals surface area contributed by atoms with Crippen LogP contribution < -0.4 is 10.1 Å². The van der Waals surface area contributed by atoms with Gasteiger partial charge >= 0.3 is 5.97 Å². The van der Waals surface area contributed by atoms with Gasteiger partial charge in [-0.25, -0.2) is 4.79 Å². The molecule has 6 nitrogen and oxygen atoms in total. The molecule has 0 saturated carbocycles. The van der Waals surface area contributed by atoms with Gasteiger partial charge in [0.15, 0.2) is 0 Å². The minimum atomic E-state index is -1.01. The van der Waals surface area contributed by atoms with Gasteiger partial charge in [0.25, 0.3) is 0 Å². The summed E-state index contributed by atoms with van der Waals surface area (Å²) in [4.78, 5) is 23.1. The molecule has 0 heterocycles. The first-order chi connectivity index (χ1) is 12.1. The number of ether oxygens (including phenoxy) is 2. The Morgan fingerprint density at radius 1 is 1.08 bits per heavy atom. The molecule has 2 rings (SSSR count). The fraction of sp³-hybridized carbons (Fsp3) is 0.263. The van der Waals surface area contributed by atoms with Crippen LogP contribution in [0.3, 0.4) is 0 Å². The first-order valence-corrected chi connectivity index (χ1v) is 7.92. The van der Waals surface area contributed by atoms with Crippen LogP contribution in [0.15, 0.2) is 48.5 Å². The Bertz CT molecular complexity index is 729. The molecule has 0 radical (unpaired) electrons. The Labute approximate surface area is 146 Å². The number of hydrogen-bond donors (Lipinski definition) is 2. The lowest BCUT2D eigenvalue weighted by molar-refractivity contribution is -0.115. The third-order valence-electron chi connectivity index (χ3n) is 3.42. The predicted molar refractivity (Wildman–Crippen MR) is 94.2 cm³/mol. The number of aromatic carboxylic acids is 1. The zero-order valence-electron chi connectivity index (χ0n) is 14.0. The zero-order valence-corrected chi connectivity index (χ0v) is 14.0. The van der Waals surface area contributed by atoms with Crippen LogP contribution in [0.5, 0.6) is 5.75 Å². The van der Waals surface area contributed by atoms with E-state index < -0.39 is 5.97 Å². The topological polar surface area (TPSA) is 84.9 Å². The largest absolute Gasteiger partial charge is 0.493 e. The quantitative estimate of drug-likeness (QED) is 0.684. The monoisotopic (exact) mass is 343 g/mol. The average Bonchev–Trinajstić information content (AvgIpc) is 2.59. The lowest BCUT2D eigenvalue weighted by Gasteiger charge is -2.09. The highest BCUT2D eigenvalue weighted by Crippen LogP contribution is 2.18. The number of methoxy groups -OCH3 is 1. The van der Waals surface area contributed by atoms with Crippen LogP contribution in [0.2, 0.25) is 0 Å². The molecule has 0 aromatic heterocycles. The number of hydrogen-bond acceptors (Lipinski definition) is 4. The van der Waals surface area contributed by atoms with E-state index in [0.29, 0.717) is 30.2 Å². The minimum Gasteiger partial charge on any atom is -0.493 e. The van der Waals surface area contributed by atoms with Gasteiger partial charge in [0.2, 0.25) is 5.91 Å². The molecule has 0 aliphatic heterocycles. The highest BCUT2D eigenvalue weighted by Gasteiger charge is 2.08. The van der Waals surface area contributed by atoms with Crippen LogP contribution in [-0.4, -0.2) is 37.3 Å². The molecule has 0 spiro atoms. The van der Waals surface area contributed by atoms with Crippen LogP contribution in [0.1, 0.15) is 22.3 Å². The van der Waals surface area contributed by atoms with Gasteiger partial charge in [0.05, 0.1) is 18.6 Å². The van der Waals surface area contributed by atoms with Gasteiger partial charge in [-0.05, 0) is 29.8 Å². The van der Waals surface area contributed by atoms with E-state index in [-0.39, 0.29) is 17.9 Å². The second-order valence-corrected chi connectivity index (χ2v) is 5.45. The number of anilines is 1. The average molecular weight is 343 g/mol. The second kappa shape index (κ2) is 9.44. The SMILES string of the molecule is COCCCOc1cccc(NC(=O)Cc2cccc(C(=O)O)c2)c1. The number of carboxylic acids is 1. The summed E-state index contributed by atoms with van der Waals surface area (Å²) in [6.45, 7) is 1.17. The molecule has 0 atom stereocenters. The van der Waals surface area contributed by atoms with Crippen molar-refractivity contribution in [3.63, 3.8) is 0 Å². The zero-order chi connectivity index (χ0) is 18.1. The van der Waals surface area contributed by atoms with E-state index in [9.17, 15) is 9.59 Å². The number of rotatable bonds is 9. The van der Waals surface area contributed by atoms with E-state index in [0.717, 1.165) is 6.42 Å². The summed E-state index contributed by atoms with van der Waals surface area (Å²) in [5.41, 5.74) is 1.43. The maximum atomic E-state index is 12.2. The number of carbonyl (C=O) groups excluding carboxylic acids is 1. The first kappa shape index (κ1) is 18.5. The summed E-state index contributed by atoms with van der Waals surface area (Å²) in [6.07, 6.45) is 0.882. The molecule has 1 amide bonds. The van der Waals surface area contributed by atoms with Crippen molar-refractivity contribution in [3.8, 4) is 5.75 Å². The van der Waals surface area contributed by atoms with Crippen molar-refractivity contribution in [2.24, 2.45) is 0 Å². The number of carbonyl (C=O) groups is 2. The molecule has 2 aromatic rings. The smallest absolute Gasteiger partial charge is 0.335 e. The van der Waals surface area contributed by atoms with Crippen LogP contribution in [0, 0.1) is 0 Å². The summed E-state index contributed by atoms with van der Waals surface area (Å²) in [6, 6.07) is 13.5. The maximum absolute atomic E-state index is 12.2. The molecule has 0 bridgehead atoms. The van der Waals surface area contributed by atoms with E-state index in [4.69, 9.17) is 14.6 Å². The standard InChI is InChI=1S/C19H21NO5/c1-24-9-4-10-25-17-8-3-7-16(13-17)20-18(21)12-14-5-2-6-15(11-14)19(22)23/h2-3,5-8,11,13H,4,9-10,12H2,1H3,(H,20,21)(H,22,23). The molecule has 2 aromatic carbocycles. The van der Waals surface area contributed by atoms with E-state index in [1.54, 1.807) is 37.4 Å². The normalized spacial score (nSPS) is 10.3. The lowest BCUT2D eigenvalue weighted by Crippen LogP contribution is -2.14. The molecule has 0 aliphatic carbocycles. The van der Waals surface area contributed by atoms with E-state index >= 15 is 0 Å². The van der Waals surface area contributed by atoms with Crippen LogP contribution in [-0.2, 0) is 16.0 Å². The Morgan fingerprint density at radius 3 is 2.64 bits per heavy atom. The molecule has 0 saturated heterocycles. The van der Waals surface area contributed by atoms with Crippen molar-refractivity contribution in [2.45, 2.75) is 12.8 Å². The van der Waals surface area contributed by atoms with Gasteiger partial charge in [0.1, 0.15) is 5.75 Å². The second-order valence-electron chi connectivity index (χ2n) is 5.45. The summed E-state index contributed by atoms with van der Waals surface area (Å²) in [7, 11) is 1.64. The van der Waals surface area contributed by atoms with Gasteiger partial charge in [-0.2, -0.15) is 0 Å². The molecule has 132 valence electrons. The predicted octanol–water partition coefficient (Wildman–Crippen LogP) is 2.98. The number of benzene rings is 2. The van der Waals surface area contributed by atoms with E-state index in [1.165, 1.54) is 12.1 Å². The van der Waals surface area contributed by atoms with Crippen LogP contribution in [0.4, 0.5) is 5.69 Å². The van der Waals surface area contributed by atoms with Gasteiger partial charge in [-0.3, -0.25) is 4.79 Å². The van der Waals surface area contributed by atoms with Crippen molar-refractivity contribution in [1.82, 2.24) is 0 Å². The third-order valence-corrected chi connectivity index (χ3v) is 3.42. The summed E-state index contributed by atoms with van der Waals surface area (Å²) >= 11 is 0. The first-order valence-electron chi connectivity index (χ1n) is 7.92. The van der Waals surface area contributed by atoms with E-state index in [1.807, 2.05) is 6.07 Å². The number of amides is 1. The molecular weight excluding hydrogens is 322 g/mol. The Morgan fingerprint density at radius 2 is 1.88 bits per heavy atom. The molecule has 6 heteroatoms. The Balaban J connectivity index is 1.92. The van der Waals surface area contributed by atoms with Crippen molar-refractivity contribution in [1.29, 1.82) is 0 Å². The molecule has 0 fully saturated rings. The number of carboxylic acid groups (broad SMARTS) is 1. The Kier molecular flexibility index (Phi) is 6.98. The van der Waals surface area contributed by atoms with Gasteiger partial charge < -0.3 is 19.9 Å². The van der Waals surface area contributed by atoms with Crippen LogP contribution in [0.25, 0.3) is 0 Å². The maximum Gasteiger partial charge on any atom is 0.335 e. The van der Waals surface area contributed by atoms with Crippen molar-refractivity contribution in [2.75, 3.05) is 25.6 Å². The Hall–Kier alpha value is -2.86. The molecule has 2 N–H and O–H groups in total. The van der Waals surface area contributed by atoms with E-state index in [2.05, 4.69) is 5.32 Å². The minimum absolute atomic E-state index is 0.0973. The van der Waals surface area contributed by atoms with Gasteiger partial charge in [-0.1, -0.05) is 18.2 Å². The summed E-state index contributed by atoms with van der Waals surface area (Å²) in [5.74, 6) is -0.568. The van der Waals surface area contributed by atoms with Crippen molar-refractivity contribution >= 4 is 17.6 Å². The third kappa shape index (κ3) is 6.27. The van der Waals surface area contributed by atoms with Crippen molar-refractivity contribution < 1.29 is 24.2 Å². The number of nitrogens with one attached hydrogen (secondary N) is 1. The highest BCUT2D eigenvalue weighted by molar-refractivity contribution is 5.93. The highest BCUT2D eigenvalue weighted by atomic mass is 16.5. The fourth-order valence-corrected chi connectivity index (χ4v) is 2.26. The summed E-state index contributed by atoms with van der Waals surface area (Å²) < 4.78 is 10.6. The molecule has 0 aliphatic rings.